The van der Waals surface area contributed by atoms with Crippen LogP contribution in [0.3, 0.4) is 0 Å². The van der Waals surface area contributed by atoms with Gasteiger partial charge in [-0.3, -0.25) is 4.98 Å². The van der Waals surface area contributed by atoms with Gasteiger partial charge in [0.25, 0.3) is 0 Å². The summed E-state index contributed by atoms with van der Waals surface area (Å²) in [6.45, 7) is 4.53. The zero-order chi connectivity index (χ0) is 20.1. The Morgan fingerprint density at radius 2 is 2.04 bits per heavy atom. The molecule has 1 spiro atoms. The number of aryl methyl sites for hydroxylation is 1. The van der Waals surface area contributed by atoms with E-state index in [0.29, 0.717) is 24.8 Å². The Kier molecular flexibility index (Phi) is 4.49. The molecule has 8 heteroatoms. The summed E-state index contributed by atoms with van der Waals surface area (Å²) >= 11 is 0. The molecule has 6 nitrogen and oxygen atoms in total. The van der Waals surface area contributed by atoms with Gasteiger partial charge in [-0.1, -0.05) is 0 Å². The first-order chi connectivity index (χ1) is 13.2. The summed E-state index contributed by atoms with van der Waals surface area (Å²) in [6.07, 6.45) is 4.10. The third-order valence-corrected chi connectivity index (χ3v) is 5.59. The summed E-state index contributed by atoms with van der Waals surface area (Å²) in [6, 6.07) is 3.80. The van der Waals surface area contributed by atoms with E-state index in [0.717, 1.165) is 37.7 Å². The number of fused-ring (bicyclic) bond motifs is 2. The number of aromatic nitrogens is 3. The fourth-order valence-corrected chi connectivity index (χ4v) is 3.73. The fraction of sp³-hybridized carbons (Fsp3) is 0.550. The van der Waals surface area contributed by atoms with Crippen LogP contribution >= 0.6 is 0 Å². The van der Waals surface area contributed by atoms with Crippen molar-refractivity contribution in [2.45, 2.75) is 38.0 Å². The van der Waals surface area contributed by atoms with Crippen molar-refractivity contribution >= 4 is 17.3 Å². The summed E-state index contributed by atoms with van der Waals surface area (Å²) in [7, 11) is 3.43. The number of methoxy groups -OCH3 is 1. The van der Waals surface area contributed by atoms with Crippen LogP contribution in [0.25, 0.3) is 0 Å². The molecule has 0 atom stereocenters. The number of pyridine rings is 1. The van der Waals surface area contributed by atoms with Crippen LogP contribution in [0.1, 0.15) is 36.8 Å². The number of alkyl halides is 2. The van der Waals surface area contributed by atoms with Crippen LogP contribution in [0.15, 0.2) is 18.3 Å². The molecule has 1 aliphatic heterocycles. The van der Waals surface area contributed by atoms with Gasteiger partial charge in [-0.15, -0.1) is 0 Å². The second kappa shape index (κ2) is 6.62. The molecule has 1 fully saturated rings. The Morgan fingerprint density at radius 1 is 1.29 bits per heavy atom. The Morgan fingerprint density at radius 3 is 2.68 bits per heavy atom. The van der Waals surface area contributed by atoms with Gasteiger partial charge >= 0.3 is 5.92 Å². The molecule has 150 valence electrons. The molecule has 0 aromatic carbocycles. The summed E-state index contributed by atoms with van der Waals surface area (Å²) in [5.74, 6) is -2.63. The van der Waals surface area contributed by atoms with Crippen LogP contribution in [-0.4, -0.2) is 48.8 Å². The zero-order valence-electron chi connectivity index (χ0n) is 16.7. The molecule has 0 N–H and O–H groups in total. The molecule has 0 saturated heterocycles. The van der Waals surface area contributed by atoms with Gasteiger partial charge in [-0.05, 0) is 25.8 Å². The number of halogens is 2. The van der Waals surface area contributed by atoms with Crippen LogP contribution in [0.2, 0.25) is 0 Å². The highest BCUT2D eigenvalue weighted by molar-refractivity contribution is 5.73. The van der Waals surface area contributed by atoms with E-state index >= 15 is 0 Å². The first-order valence-corrected chi connectivity index (χ1v) is 9.46. The Hall–Kier alpha value is -2.35. The van der Waals surface area contributed by atoms with Gasteiger partial charge in [0, 0.05) is 68.8 Å². The van der Waals surface area contributed by atoms with Crippen LogP contribution in [-0.2, 0) is 16.1 Å². The molecular weight excluding hydrogens is 364 g/mol. The molecular formula is C20H25F2N5O. The summed E-state index contributed by atoms with van der Waals surface area (Å²) in [4.78, 5) is 16.7. The SMILES string of the molecule is COCCN(C)c1cc(N2CC3(CC3)c3cnc(C)cc32)nc(C(C)(F)F)n1. The standard InChI is InChI=1S/C20H25F2N5O/c1-13-9-15-14(11-23-13)20(5-6-20)12-27(15)17-10-16(26(3)7-8-28-4)24-18(25-17)19(2,21)22/h9-11H,5-8,12H2,1-4H3. The molecule has 0 radical (unpaired) electrons. The van der Waals surface area contributed by atoms with Crippen molar-refractivity contribution in [3.63, 3.8) is 0 Å². The minimum Gasteiger partial charge on any atom is -0.383 e. The van der Waals surface area contributed by atoms with Crippen molar-refractivity contribution in [1.29, 1.82) is 0 Å². The van der Waals surface area contributed by atoms with Gasteiger partial charge in [-0.25, -0.2) is 9.97 Å². The molecule has 0 bridgehead atoms. The minimum atomic E-state index is -3.12. The number of hydrogen-bond acceptors (Lipinski definition) is 6. The van der Waals surface area contributed by atoms with E-state index in [-0.39, 0.29) is 5.41 Å². The highest BCUT2D eigenvalue weighted by Crippen LogP contribution is 2.57. The van der Waals surface area contributed by atoms with E-state index in [2.05, 4.69) is 15.0 Å². The predicted octanol–water partition coefficient (Wildman–Crippen LogP) is 3.56. The zero-order valence-corrected chi connectivity index (χ0v) is 16.7. The van der Waals surface area contributed by atoms with Crippen molar-refractivity contribution in [2.75, 3.05) is 43.7 Å². The van der Waals surface area contributed by atoms with Gasteiger partial charge < -0.3 is 14.5 Å². The van der Waals surface area contributed by atoms with Crippen molar-refractivity contribution in [2.24, 2.45) is 0 Å². The fourth-order valence-electron chi connectivity index (χ4n) is 3.73. The van der Waals surface area contributed by atoms with E-state index < -0.39 is 11.7 Å². The third-order valence-electron chi connectivity index (χ3n) is 5.59. The molecule has 2 aromatic rings. The largest absolute Gasteiger partial charge is 0.383 e. The first kappa shape index (κ1) is 19.0. The van der Waals surface area contributed by atoms with E-state index in [1.807, 2.05) is 36.0 Å². The second-order valence-electron chi connectivity index (χ2n) is 7.92. The van der Waals surface area contributed by atoms with Gasteiger partial charge in [0.1, 0.15) is 11.6 Å². The minimum absolute atomic E-state index is 0.0813. The number of ether oxygens (including phenoxy) is 1. The lowest BCUT2D eigenvalue weighted by Crippen LogP contribution is -2.27. The predicted molar refractivity (Wildman–Crippen MR) is 104 cm³/mol. The normalized spacial score (nSPS) is 17.1. The molecule has 28 heavy (non-hydrogen) atoms. The smallest absolute Gasteiger partial charge is 0.303 e. The van der Waals surface area contributed by atoms with Gasteiger partial charge in [-0.2, -0.15) is 8.78 Å². The molecule has 1 aliphatic carbocycles. The Labute approximate surface area is 163 Å². The van der Waals surface area contributed by atoms with Crippen LogP contribution in [0.5, 0.6) is 0 Å². The lowest BCUT2D eigenvalue weighted by Gasteiger charge is -2.24. The van der Waals surface area contributed by atoms with Gasteiger partial charge in [0.05, 0.1) is 6.61 Å². The highest BCUT2D eigenvalue weighted by atomic mass is 19.3. The van der Waals surface area contributed by atoms with Crippen molar-refractivity contribution < 1.29 is 13.5 Å². The lowest BCUT2D eigenvalue weighted by atomic mass is 10.0. The first-order valence-electron chi connectivity index (χ1n) is 9.46. The average Bonchev–Trinajstić information content (AvgIpc) is 3.36. The number of likely N-dealkylation sites (N-methyl/N-ethyl adjacent to an activating group) is 1. The molecule has 2 aliphatic rings. The monoisotopic (exact) mass is 389 g/mol. The van der Waals surface area contributed by atoms with Crippen molar-refractivity contribution in [3.05, 3.63) is 35.4 Å². The molecule has 3 heterocycles. The summed E-state index contributed by atoms with van der Waals surface area (Å²) in [5.41, 5.74) is 3.18. The maximum absolute atomic E-state index is 14.1. The highest BCUT2D eigenvalue weighted by Gasteiger charge is 2.52. The molecule has 0 amide bonds. The lowest BCUT2D eigenvalue weighted by molar-refractivity contribution is 0.00788. The molecule has 1 saturated carbocycles. The van der Waals surface area contributed by atoms with E-state index in [1.54, 1.807) is 13.2 Å². The van der Waals surface area contributed by atoms with Crippen LogP contribution in [0, 0.1) is 6.92 Å². The van der Waals surface area contributed by atoms with E-state index in [1.165, 1.54) is 5.56 Å². The van der Waals surface area contributed by atoms with Gasteiger partial charge in [0.15, 0.2) is 0 Å². The molecule has 0 unspecified atom stereocenters. The van der Waals surface area contributed by atoms with E-state index in [4.69, 9.17) is 4.74 Å². The maximum Gasteiger partial charge on any atom is 0.303 e. The van der Waals surface area contributed by atoms with Crippen molar-refractivity contribution in [1.82, 2.24) is 15.0 Å². The van der Waals surface area contributed by atoms with Crippen LogP contribution < -0.4 is 9.80 Å². The summed E-state index contributed by atoms with van der Waals surface area (Å²) in [5, 5.41) is 0. The number of anilines is 3. The second-order valence-corrected chi connectivity index (χ2v) is 7.92. The Bertz CT molecular complexity index is 895. The number of rotatable bonds is 6. The number of hydrogen-bond donors (Lipinski definition) is 0. The van der Waals surface area contributed by atoms with Crippen LogP contribution in [0.4, 0.5) is 26.1 Å². The maximum atomic E-state index is 14.1. The molecule has 2 aromatic heterocycles. The Balaban J connectivity index is 1.78. The third kappa shape index (κ3) is 3.30. The number of nitrogens with zero attached hydrogens (tertiary/aromatic N) is 5. The average molecular weight is 389 g/mol. The summed E-state index contributed by atoms with van der Waals surface area (Å²) < 4.78 is 33.4. The van der Waals surface area contributed by atoms with Crippen molar-refractivity contribution in [3.8, 4) is 0 Å². The van der Waals surface area contributed by atoms with Gasteiger partial charge in [0.2, 0.25) is 5.82 Å². The quantitative estimate of drug-likeness (QED) is 0.753. The topological polar surface area (TPSA) is 54.4 Å². The molecule has 4 rings (SSSR count). The van der Waals surface area contributed by atoms with E-state index in [9.17, 15) is 8.78 Å².